The van der Waals surface area contributed by atoms with Gasteiger partial charge in [-0.25, -0.2) is 4.79 Å². The van der Waals surface area contributed by atoms with Crippen molar-refractivity contribution in [1.82, 2.24) is 9.97 Å². The van der Waals surface area contributed by atoms with Crippen LogP contribution in [0.4, 0.5) is 16.2 Å². The highest BCUT2D eigenvalue weighted by atomic mass is 16.5. The van der Waals surface area contributed by atoms with Crippen LogP contribution in [0.5, 0.6) is 5.75 Å². The number of hydrogen-bond donors (Lipinski definition) is 4. The predicted molar refractivity (Wildman–Crippen MR) is 107 cm³/mol. The average molecular weight is 375 g/mol. The lowest BCUT2D eigenvalue weighted by atomic mass is 10.0. The number of benzene rings is 1. The molecule has 0 saturated carbocycles. The topological polar surface area (TPSA) is 122 Å². The Labute approximate surface area is 160 Å². The van der Waals surface area contributed by atoms with Gasteiger partial charge < -0.3 is 26.1 Å². The molecule has 0 atom stereocenters. The van der Waals surface area contributed by atoms with Gasteiger partial charge in [0.05, 0.1) is 18.9 Å². The Morgan fingerprint density at radius 2 is 2.07 bits per heavy atom. The van der Waals surface area contributed by atoms with E-state index >= 15 is 0 Å². The van der Waals surface area contributed by atoms with Crippen LogP contribution in [0.2, 0.25) is 0 Å². The minimum Gasteiger partial charge on any atom is -0.495 e. The van der Waals surface area contributed by atoms with E-state index in [4.69, 9.17) is 10.5 Å². The number of carbonyl (C=O) groups excluding carboxylic acids is 2. The smallest absolute Gasteiger partial charge is 0.316 e. The molecule has 1 aromatic carbocycles. The summed E-state index contributed by atoms with van der Waals surface area (Å²) < 4.78 is 5.21. The van der Waals surface area contributed by atoms with Gasteiger partial charge in [0.25, 0.3) is 5.91 Å². The van der Waals surface area contributed by atoms with Crippen LogP contribution in [0.25, 0.3) is 22.8 Å². The lowest BCUT2D eigenvalue weighted by Gasteiger charge is -2.04. The van der Waals surface area contributed by atoms with E-state index in [1.807, 2.05) is 18.3 Å². The number of rotatable bonds is 4. The number of anilines is 2. The SMILES string of the molecule is COc1cncc(-c2c[nH]c(/C=C3\C(=O)Nc4ccc(NC(N)=O)cc43)c2)c1. The third kappa shape index (κ3) is 3.30. The number of nitrogens with two attached hydrogens (primary N) is 1. The Morgan fingerprint density at radius 3 is 2.86 bits per heavy atom. The third-order valence-corrected chi connectivity index (χ3v) is 4.36. The number of H-pyrrole nitrogens is 1. The number of hydrogen-bond acceptors (Lipinski definition) is 4. The molecule has 0 fully saturated rings. The van der Waals surface area contributed by atoms with Crippen molar-refractivity contribution in [2.24, 2.45) is 5.73 Å². The largest absolute Gasteiger partial charge is 0.495 e. The predicted octanol–water partition coefficient (Wildman–Crippen LogP) is 3.07. The number of nitrogens with zero attached hydrogens (tertiary/aromatic N) is 1. The third-order valence-electron chi connectivity index (χ3n) is 4.36. The van der Waals surface area contributed by atoms with E-state index in [1.54, 1.807) is 43.8 Å². The second kappa shape index (κ2) is 6.92. The molecule has 140 valence electrons. The van der Waals surface area contributed by atoms with Crippen molar-refractivity contribution in [3.63, 3.8) is 0 Å². The van der Waals surface area contributed by atoms with Gasteiger partial charge in [0.15, 0.2) is 0 Å². The second-order valence-electron chi connectivity index (χ2n) is 6.22. The number of methoxy groups -OCH3 is 1. The number of amides is 3. The Balaban J connectivity index is 1.68. The number of nitrogens with one attached hydrogen (secondary N) is 3. The Bertz CT molecular complexity index is 1120. The van der Waals surface area contributed by atoms with Crippen molar-refractivity contribution in [3.8, 4) is 16.9 Å². The number of aromatic amines is 1. The van der Waals surface area contributed by atoms with Crippen LogP contribution in [-0.2, 0) is 4.79 Å². The quantitative estimate of drug-likeness (QED) is 0.523. The summed E-state index contributed by atoms with van der Waals surface area (Å²) >= 11 is 0. The molecule has 0 aliphatic carbocycles. The van der Waals surface area contributed by atoms with Gasteiger partial charge >= 0.3 is 6.03 Å². The fourth-order valence-electron chi connectivity index (χ4n) is 3.06. The standard InChI is InChI=1S/C20H17N5O3/c1-28-15-5-12(8-22-10-15)11-4-14(23-9-11)7-17-16-6-13(24-20(21)27)2-3-18(16)25-19(17)26/h2-10,23H,1H3,(H,25,26)(H3,21,24,27)/b17-7-. The lowest BCUT2D eigenvalue weighted by Crippen LogP contribution is -2.19. The van der Waals surface area contributed by atoms with Crippen molar-refractivity contribution >= 4 is 35.0 Å². The summed E-state index contributed by atoms with van der Waals surface area (Å²) in [6, 6.07) is 8.24. The molecule has 4 rings (SSSR count). The molecular weight excluding hydrogens is 358 g/mol. The van der Waals surface area contributed by atoms with Crippen molar-refractivity contribution in [3.05, 3.63) is 60.2 Å². The van der Waals surface area contributed by atoms with Crippen LogP contribution < -0.4 is 21.1 Å². The van der Waals surface area contributed by atoms with E-state index in [0.717, 1.165) is 16.8 Å². The van der Waals surface area contributed by atoms with Crippen molar-refractivity contribution in [1.29, 1.82) is 0 Å². The van der Waals surface area contributed by atoms with Gasteiger partial charge in [0.1, 0.15) is 5.75 Å². The zero-order valence-electron chi connectivity index (χ0n) is 14.9. The van der Waals surface area contributed by atoms with E-state index in [9.17, 15) is 9.59 Å². The van der Waals surface area contributed by atoms with E-state index in [-0.39, 0.29) is 5.91 Å². The van der Waals surface area contributed by atoms with Crippen LogP contribution in [0.1, 0.15) is 11.3 Å². The molecule has 3 amide bonds. The van der Waals surface area contributed by atoms with Gasteiger partial charge in [-0.05, 0) is 36.4 Å². The number of urea groups is 1. The molecule has 2 aromatic heterocycles. The summed E-state index contributed by atoms with van der Waals surface area (Å²) in [5, 5.41) is 5.33. The molecule has 8 heteroatoms. The fourth-order valence-corrected chi connectivity index (χ4v) is 3.06. The summed E-state index contributed by atoms with van der Waals surface area (Å²) in [5.41, 5.74) is 10.1. The molecule has 1 aliphatic rings. The minimum absolute atomic E-state index is 0.217. The maximum absolute atomic E-state index is 12.4. The Hall–Kier alpha value is -4.07. The molecular formula is C20H17N5O3. The first-order valence-electron chi connectivity index (χ1n) is 8.45. The summed E-state index contributed by atoms with van der Waals surface area (Å²) in [6.07, 6.45) is 6.96. The zero-order chi connectivity index (χ0) is 19.7. The highest BCUT2D eigenvalue weighted by Crippen LogP contribution is 2.35. The fraction of sp³-hybridized carbons (Fsp3) is 0.0500. The number of ether oxygens (including phenoxy) is 1. The van der Waals surface area contributed by atoms with Gasteiger partial charge in [0.2, 0.25) is 0 Å². The number of primary amides is 1. The minimum atomic E-state index is -0.663. The van der Waals surface area contributed by atoms with E-state index in [1.165, 1.54) is 0 Å². The average Bonchev–Trinajstić information content (AvgIpc) is 3.27. The highest BCUT2D eigenvalue weighted by molar-refractivity contribution is 6.35. The summed E-state index contributed by atoms with van der Waals surface area (Å²) in [7, 11) is 1.59. The molecule has 8 nitrogen and oxygen atoms in total. The number of carbonyl (C=O) groups is 2. The van der Waals surface area contributed by atoms with Gasteiger partial charge in [-0.15, -0.1) is 0 Å². The molecule has 28 heavy (non-hydrogen) atoms. The number of fused-ring (bicyclic) bond motifs is 1. The van der Waals surface area contributed by atoms with Crippen LogP contribution in [-0.4, -0.2) is 29.0 Å². The molecule has 5 N–H and O–H groups in total. The first-order valence-corrected chi connectivity index (χ1v) is 8.45. The van der Waals surface area contributed by atoms with Gasteiger partial charge in [-0.2, -0.15) is 0 Å². The molecule has 0 radical (unpaired) electrons. The first-order chi connectivity index (χ1) is 13.5. The van der Waals surface area contributed by atoms with Crippen molar-refractivity contribution in [2.75, 3.05) is 17.7 Å². The van der Waals surface area contributed by atoms with E-state index in [0.29, 0.717) is 28.3 Å². The number of aromatic nitrogens is 2. The van der Waals surface area contributed by atoms with Crippen LogP contribution in [0.3, 0.4) is 0 Å². The monoisotopic (exact) mass is 375 g/mol. The van der Waals surface area contributed by atoms with Crippen LogP contribution in [0.15, 0.2) is 48.9 Å². The lowest BCUT2D eigenvalue weighted by molar-refractivity contribution is -0.110. The summed E-state index contributed by atoms with van der Waals surface area (Å²) in [6.45, 7) is 0. The van der Waals surface area contributed by atoms with Gasteiger partial charge in [0, 0.05) is 46.2 Å². The van der Waals surface area contributed by atoms with Crippen molar-refractivity contribution < 1.29 is 14.3 Å². The second-order valence-corrected chi connectivity index (χ2v) is 6.22. The maximum Gasteiger partial charge on any atom is 0.316 e. The molecule has 1 aliphatic heterocycles. The summed E-state index contributed by atoms with van der Waals surface area (Å²) in [5.74, 6) is 0.447. The first kappa shape index (κ1) is 17.3. The molecule has 0 saturated heterocycles. The van der Waals surface area contributed by atoms with Crippen LogP contribution >= 0.6 is 0 Å². The van der Waals surface area contributed by atoms with E-state index < -0.39 is 6.03 Å². The van der Waals surface area contributed by atoms with Gasteiger partial charge in [-0.1, -0.05) is 0 Å². The zero-order valence-corrected chi connectivity index (χ0v) is 14.9. The Kier molecular flexibility index (Phi) is 4.29. The molecule has 0 spiro atoms. The maximum atomic E-state index is 12.4. The van der Waals surface area contributed by atoms with Gasteiger partial charge in [-0.3, -0.25) is 9.78 Å². The Morgan fingerprint density at radius 1 is 1.21 bits per heavy atom. The normalized spacial score (nSPS) is 13.9. The molecule has 0 bridgehead atoms. The molecule has 0 unspecified atom stereocenters. The molecule has 3 aromatic rings. The summed E-state index contributed by atoms with van der Waals surface area (Å²) in [4.78, 5) is 30.8. The number of pyridine rings is 1. The highest BCUT2D eigenvalue weighted by Gasteiger charge is 2.24. The molecule has 3 heterocycles. The van der Waals surface area contributed by atoms with Crippen LogP contribution in [0, 0.1) is 0 Å². The van der Waals surface area contributed by atoms with E-state index in [2.05, 4.69) is 20.6 Å². The van der Waals surface area contributed by atoms with Crippen molar-refractivity contribution in [2.45, 2.75) is 0 Å².